The number of carbonyl (C=O) groups is 1. The zero-order valence-electron chi connectivity index (χ0n) is 10.2. The molecule has 2 aromatic heterocycles. The molecule has 20 heavy (non-hydrogen) atoms. The third-order valence-corrected chi connectivity index (χ3v) is 4.89. The Morgan fingerprint density at radius 2 is 2.05 bits per heavy atom. The number of nitrogens with zero attached hydrogens (tertiary/aromatic N) is 1. The molecule has 0 saturated carbocycles. The number of benzene rings is 1. The largest absolute Gasteiger partial charge is 0.320 e. The highest BCUT2D eigenvalue weighted by Crippen LogP contribution is 2.27. The predicted molar refractivity (Wildman–Crippen MR) is 87.5 cm³/mol. The first-order valence-corrected chi connectivity index (χ1v) is 8.39. The molecule has 0 bridgehead atoms. The molecule has 0 aliphatic rings. The van der Waals surface area contributed by atoms with Crippen molar-refractivity contribution in [2.75, 3.05) is 5.32 Å². The van der Waals surface area contributed by atoms with E-state index in [1.807, 2.05) is 41.1 Å². The molecule has 0 saturated heterocycles. The van der Waals surface area contributed by atoms with Crippen LogP contribution in [0.1, 0.15) is 10.5 Å². The summed E-state index contributed by atoms with van der Waals surface area (Å²) in [4.78, 5) is 16.5. The van der Waals surface area contributed by atoms with Crippen LogP contribution >= 0.6 is 38.6 Å². The number of hydrogen-bond donors (Lipinski definition) is 1. The van der Waals surface area contributed by atoms with Gasteiger partial charge in [0.1, 0.15) is 10.7 Å². The van der Waals surface area contributed by atoms with Crippen molar-refractivity contribution < 1.29 is 4.79 Å². The molecule has 1 N–H and O–H groups in total. The van der Waals surface area contributed by atoms with Gasteiger partial charge < -0.3 is 5.32 Å². The molecule has 0 aliphatic carbocycles. The van der Waals surface area contributed by atoms with E-state index in [1.165, 1.54) is 11.3 Å². The lowest BCUT2D eigenvalue weighted by Gasteiger charge is -2.04. The standard InChI is InChI=1S/C14H9BrN2OS2/c15-10-3-1-2-4-11(10)16-13(18)12-8-20-14(17-12)9-5-6-19-7-9/h1-8H,(H,16,18). The first-order chi connectivity index (χ1) is 9.74. The average Bonchev–Trinajstić information content (AvgIpc) is 3.11. The van der Waals surface area contributed by atoms with E-state index in [0.717, 1.165) is 20.7 Å². The van der Waals surface area contributed by atoms with E-state index >= 15 is 0 Å². The Morgan fingerprint density at radius 1 is 1.20 bits per heavy atom. The molecule has 0 fully saturated rings. The second kappa shape index (κ2) is 5.87. The van der Waals surface area contributed by atoms with Gasteiger partial charge in [-0.25, -0.2) is 4.98 Å². The highest BCUT2D eigenvalue weighted by molar-refractivity contribution is 9.10. The van der Waals surface area contributed by atoms with Gasteiger partial charge in [-0.05, 0) is 39.5 Å². The zero-order chi connectivity index (χ0) is 13.9. The number of thiazole rings is 1. The van der Waals surface area contributed by atoms with E-state index in [4.69, 9.17) is 0 Å². The Hall–Kier alpha value is -1.50. The van der Waals surface area contributed by atoms with Crippen molar-refractivity contribution in [3.8, 4) is 10.6 Å². The van der Waals surface area contributed by atoms with Crippen LogP contribution in [-0.2, 0) is 0 Å². The third kappa shape index (κ3) is 2.82. The van der Waals surface area contributed by atoms with Crippen molar-refractivity contribution in [2.45, 2.75) is 0 Å². The number of carbonyl (C=O) groups excluding carboxylic acids is 1. The predicted octanol–water partition coefficient (Wildman–Crippen LogP) is 4.89. The average molecular weight is 365 g/mol. The lowest BCUT2D eigenvalue weighted by Crippen LogP contribution is -2.12. The van der Waals surface area contributed by atoms with Gasteiger partial charge in [0.2, 0.25) is 0 Å². The van der Waals surface area contributed by atoms with Crippen LogP contribution in [0, 0.1) is 0 Å². The van der Waals surface area contributed by atoms with Crippen LogP contribution in [0.5, 0.6) is 0 Å². The number of hydrogen-bond acceptors (Lipinski definition) is 4. The fraction of sp³-hybridized carbons (Fsp3) is 0. The lowest BCUT2D eigenvalue weighted by atomic mass is 10.3. The quantitative estimate of drug-likeness (QED) is 0.718. The Bertz CT molecular complexity index is 737. The van der Waals surface area contributed by atoms with Crippen LogP contribution in [0.25, 0.3) is 10.6 Å². The molecule has 3 aromatic rings. The molecule has 3 rings (SSSR count). The van der Waals surface area contributed by atoms with E-state index in [9.17, 15) is 4.79 Å². The number of aromatic nitrogens is 1. The molecular weight excluding hydrogens is 356 g/mol. The highest BCUT2D eigenvalue weighted by atomic mass is 79.9. The summed E-state index contributed by atoms with van der Waals surface area (Å²) in [6, 6.07) is 9.50. The molecule has 1 aromatic carbocycles. The number of halogens is 1. The number of amides is 1. The number of nitrogens with one attached hydrogen (secondary N) is 1. The van der Waals surface area contributed by atoms with Crippen LogP contribution in [0.4, 0.5) is 5.69 Å². The summed E-state index contributed by atoms with van der Waals surface area (Å²) in [6.07, 6.45) is 0. The van der Waals surface area contributed by atoms with Gasteiger partial charge in [-0.1, -0.05) is 12.1 Å². The van der Waals surface area contributed by atoms with E-state index in [2.05, 4.69) is 26.2 Å². The van der Waals surface area contributed by atoms with Crippen LogP contribution < -0.4 is 5.32 Å². The van der Waals surface area contributed by atoms with Gasteiger partial charge in [-0.2, -0.15) is 11.3 Å². The first-order valence-electron chi connectivity index (χ1n) is 5.78. The molecule has 1 amide bonds. The van der Waals surface area contributed by atoms with Crippen molar-refractivity contribution in [1.82, 2.24) is 4.98 Å². The maximum atomic E-state index is 12.2. The summed E-state index contributed by atoms with van der Waals surface area (Å²) >= 11 is 6.49. The molecule has 100 valence electrons. The summed E-state index contributed by atoms with van der Waals surface area (Å²) in [5.41, 5.74) is 2.23. The van der Waals surface area contributed by atoms with Gasteiger partial charge in [0.05, 0.1) is 5.69 Å². The van der Waals surface area contributed by atoms with Gasteiger partial charge in [0, 0.05) is 20.8 Å². The smallest absolute Gasteiger partial charge is 0.275 e. The third-order valence-electron chi connectivity index (χ3n) is 2.63. The minimum absolute atomic E-state index is 0.199. The summed E-state index contributed by atoms with van der Waals surface area (Å²) in [6.45, 7) is 0. The lowest BCUT2D eigenvalue weighted by molar-refractivity contribution is 0.102. The molecule has 0 unspecified atom stereocenters. The van der Waals surface area contributed by atoms with Crippen LogP contribution in [0.2, 0.25) is 0 Å². The second-order valence-corrected chi connectivity index (χ2v) is 6.48. The zero-order valence-corrected chi connectivity index (χ0v) is 13.4. The maximum absolute atomic E-state index is 12.2. The summed E-state index contributed by atoms with van der Waals surface area (Å²) in [5.74, 6) is -0.199. The minimum Gasteiger partial charge on any atom is -0.320 e. The van der Waals surface area contributed by atoms with Gasteiger partial charge in [0.25, 0.3) is 5.91 Å². The number of para-hydroxylation sites is 1. The van der Waals surface area contributed by atoms with E-state index in [1.54, 1.807) is 16.7 Å². The van der Waals surface area contributed by atoms with Crippen molar-refractivity contribution in [1.29, 1.82) is 0 Å². The summed E-state index contributed by atoms with van der Waals surface area (Å²) < 4.78 is 0.849. The maximum Gasteiger partial charge on any atom is 0.275 e. The van der Waals surface area contributed by atoms with E-state index in [0.29, 0.717) is 5.69 Å². The normalized spacial score (nSPS) is 10.4. The molecule has 0 radical (unpaired) electrons. The van der Waals surface area contributed by atoms with Gasteiger partial charge >= 0.3 is 0 Å². The Balaban J connectivity index is 1.80. The molecular formula is C14H9BrN2OS2. The minimum atomic E-state index is -0.199. The van der Waals surface area contributed by atoms with Gasteiger partial charge in [-0.3, -0.25) is 4.79 Å². The Morgan fingerprint density at radius 3 is 2.80 bits per heavy atom. The molecule has 2 heterocycles. The van der Waals surface area contributed by atoms with E-state index in [-0.39, 0.29) is 5.91 Å². The monoisotopic (exact) mass is 364 g/mol. The topological polar surface area (TPSA) is 42.0 Å². The highest BCUT2D eigenvalue weighted by Gasteiger charge is 2.13. The van der Waals surface area contributed by atoms with Crippen molar-refractivity contribution in [2.24, 2.45) is 0 Å². The van der Waals surface area contributed by atoms with Gasteiger partial charge in [-0.15, -0.1) is 11.3 Å². The number of thiophene rings is 1. The number of anilines is 1. The molecule has 6 heteroatoms. The summed E-state index contributed by atoms with van der Waals surface area (Å²) in [7, 11) is 0. The summed E-state index contributed by atoms with van der Waals surface area (Å²) in [5, 5.41) is 9.51. The fourth-order valence-electron chi connectivity index (χ4n) is 1.65. The molecule has 0 atom stereocenters. The molecule has 0 aliphatic heterocycles. The van der Waals surface area contributed by atoms with Crippen LogP contribution in [-0.4, -0.2) is 10.9 Å². The molecule has 3 nitrogen and oxygen atoms in total. The second-order valence-electron chi connectivity index (χ2n) is 3.98. The van der Waals surface area contributed by atoms with Crippen LogP contribution in [0.3, 0.4) is 0 Å². The van der Waals surface area contributed by atoms with Crippen molar-refractivity contribution in [3.63, 3.8) is 0 Å². The van der Waals surface area contributed by atoms with Gasteiger partial charge in [0.15, 0.2) is 0 Å². The first kappa shape index (κ1) is 13.5. The van der Waals surface area contributed by atoms with Crippen molar-refractivity contribution in [3.05, 3.63) is 56.6 Å². The Kier molecular flexibility index (Phi) is 3.95. The Labute approximate surface area is 132 Å². The van der Waals surface area contributed by atoms with Crippen molar-refractivity contribution >= 4 is 50.2 Å². The SMILES string of the molecule is O=C(Nc1ccccc1Br)c1csc(-c2ccsc2)n1. The number of rotatable bonds is 3. The van der Waals surface area contributed by atoms with Crippen LogP contribution in [0.15, 0.2) is 50.9 Å². The molecule has 0 spiro atoms. The van der Waals surface area contributed by atoms with E-state index < -0.39 is 0 Å². The fourth-order valence-corrected chi connectivity index (χ4v) is 3.54.